The Morgan fingerprint density at radius 3 is 2.52 bits per heavy atom. The van der Waals surface area contributed by atoms with Gasteiger partial charge in [0.05, 0.1) is 24.1 Å². The molecule has 3 aromatic rings. The van der Waals surface area contributed by atoms with Crippen LogP contribution in [0.2, 0.25) is 0 Å². The first-order chi connectivity index (χ1) is 19.9. The van der Waals surface area contributed by atoms with Crippen molar-refractivity contribution in [1.82, 2.24) is 30.9 Å². The highest BCUT2D eigenvalue weighted by molar-refractivity contribution is 5.93. The number of aromatic nitrogens is 4. The third-order valence-corrected chi connectivity index (χ3v) is 7.64. The maximum absolute atomic E-state index is 15.8. The van der Waals surface area contributed by atoms with Crippen LogP contribution in [0.25, 0.3) is 11.0 Å². The average molecular weight is 603 g/mol. The van der Waals surface area contributed by atoms with E-state index in [2.05, 4.69) is 25.6 Å². The monoisotopic (exact) mass is 602 g/mol. The zero-order valence-corrected chi connectivity index (χ0v) is 22.4. The number of carbonyl (C=O) groups is 2. The molecule has 0 aliphatic heterocycles. The molecule has 10 nitrogen and oxygen atoms in total. The minimum atomic E-state index is -4.67. The maximum Gasteiger partial charge on any atom is 0.405 e. The molecule has 16 heteroatoms. The number of rotatable bonds is 10. The minimum Gasteiger partial charge on any atom is -0.384 e. The number of nitrogens with zero attached hydrogens (tertiary/aromatic N) is 3. The molecule has 42 heavy (non-hydrogen) atoms. The molecule has 2 saturated carbocycles. The molecule has 0 saturated heterocycles. The van der Waals surface area contributed by atoms with Crippen LogP contribution in [-0.2, 0) is 9.53 Å². The van der Waals surface area contributed by atoms with Crippen molar-refractivity contribution < 1.29 is 45.3 Å². The zero-order valence-electron chi connectivity index (χ0n) is 22.4. The molecule has 0 spiro atoms. The van der Waals surface area contributed by atoms with Gasteiger partial charge in [0.15, 0.2) is 11.5 Å². The number of hydrogen-bond donors (Lipinski definition) is 3. The standard InChI is InChI=1S/C26H28F6N6O4/c1-41-10-15(23(39)33-11-26(30,31)32)14-4-5-16-20(17(14)27)35-22(34-16)19(13-6-8-25(28,29)9-7-13)36-24(40)21-18(12-2-3-12)37-42-38-21/h4-5,12-13,15,19H,2-3,6-11H2,1H3,(H,33,39)(H,34,35)(H,36,40)/t15-,19?/m0/s1. The second-order valence-electron chi connectivity index (χ2n) is 10.7. The van der Waals surface area contributed by atoms with E-state index in [1.807, 2.05) is 0 Å². The molecule has 1 unspecified atom stereocenters. The molecule has 2 aliphatic carbocycles. The average Bonchev–Trinajstić information content (AvgIpc) is 3.48. The van der Waals surface area contributed by atoms with Crippen molar-refractivity contribution in [1.29, 1.82) is 0 Å². The highest BCUT2D eigenvalue weighted by Gasteiger charge is 2.41. The predicted molar refractivity (Wildman–Crippen MR) is 133 cm³/mol. The number of hydrogen-bond acceptors (Lipinski definition) is 7. The highest BCUT2D eigenvalue weighted by Crippen LogP contribution is 2.43. The van der Waals surface area contributed by atoms with Gasteiger partial charge in [0, 0.05) is 31.4 Å². The summed E-state index contributed by atoms with van der Waals surface area (Å²) in [4.78, 5) is 33.0. The van der Waals surface area contributed by atoms with Gasteiger partial charge in [-0.15, -0.1) is 0 Å². The number of ether oxygens (including phenoxy) is 1. The van der Waals surface area contributed by atoms with Crippen molar-refractivity contribution in [2.75, 3.05) is 20.3 Å². The molecule has 1 aromatic carbocycles. The van der Waals surface area contributed by atoms with Gasteiger partial charge in [-0.05, 0) is 42.8 Å². The van der Waals surface area contributed by atoms with Crippen LogP contribution in [0.5, 0.6) is 0 Å². The number of amides is 2. The van der Waals surface area contributed by atoms with Crippen LogP contribution in [-0.4, -0.2) is 64.5 Å². The Bertz CT molecular complexity index is 1440. The Kier molecular flexibility index (Phi) is 8.18. The second kappa shape index (κ2) is 11.5. The van der Waals surface area contributed by atoms with E-state index in [9.17, 15) is 31.5 Å². The fraction of sp³-hybridized carbons (Fsp3) is 0.577. The van der Waals surface area contributed by atoms with E-state index in [1.54, 1.807) is 5.32 Å². The Morgan fingerprint density at radius 2 is 1.88 bits per heavy atom. The summed E-state index contributed by atoms with van der Waals surface area (Å²) in [5.74, 6) is -7.36. The van der Waals surface area contributed by atoms with Gasteiger partial charge >= 0.3 is 6.18 Å². The van der Waals surface area contributed by atoms with Gasteiger partial charge in [-0.1, -0.05) is 11.2 Å². The van der Waals surface area contributed by atoms with Crippen molar-refractivity contribution in [2.24, 2.45) is 5.92 Å². The van der Waals surface area contributed by atoms with Crippen LogP contribution in [0, 0.1) is 11.7 Å². The molecular weight excluding hydrogens is 574 g/mol. The summed E-state index contributed by atoms with van der Waals surface area (Å²) in [5, 5.41) is 12.1. The van der Waals surface area contributed by atoms with E-state index in [0.29, 0.717) is 5.69 Å². The van der Waals surface area contributed by atoms with Crippen LogP contribution in [0.1, 0.15) is 84.0 Å². The van der Waals surface area contributed by atoms with Gasteiger partial charge in [-0.25, -0.2) is 22.8 Å². The Balaban J connectivity index is 1.46. The van der Waals surface area contributed by atoms with E-state index in [4.69, 9.17) is 9.37 Å². The first-order valence-electron chi connectivity index (χ1n) is 13.4. The van der Waals surface area contributed by atoms with Crippen LogP contribution in [0.4, 0.5) is 26.3 Å². The maximum atomic E-state index is 15.8. The number of benzene rings is 1. The fourth-order valence-electron chi connectivity index (χ4n) is 5.27. The molecule has 2 aromatic heterocycles. The Morgan fingerprint density at radius 1 is 1.17 bits per heavy atom. The Hall–Kier alpha value is -3.69. The van der Waals surface area contributed by atoms with Crippen LogP contribution in [0.15, 0.2) is 16.8 Å². The summed E-state index contributed by atoms with van der Waals surface area (Å²) in [6.07, 6.45) is -3.76. The number of halogens is 6. The smallest absolute Gasteiger partial charge is 0.384 e. The summed E-state index contributed by atoms with van der Waals surface area (Å²) < 4.78 is 91.4. The largest absolute Gasteiger partial charge is 0.405 e. The zero-order chi connectivity index (χ0) is 30.2. The first-order valence-corrected chi connectivity index (χ1v) is 13.4. The normalized spacial score (nSPS) is 19.0. The molecule has 2 amide bonds. The van der Waals surface area contributed by atoms with Crippen molar-refractivity contribution in [2.45, 2.75) is 68.5 Å². The van der Waals surface area contributed by atoms with E-state index in [0.717, 1.165) is 12.8 Å². The lowest BCUT2D eigenvalue weighted by Crippen LogP contribution is -2.38. The second-order valence-corrected chi connectivity index (χ2v) is 10.7. The molecule has 2 fully saturated rings. The van der Waals surface area contributed by atoms with Crippen molar-refractivity contribution in [3.63, 3.8) is 0 Å². The molecular formula is C26H28F6N6O4. The molecule has 3 N–H and O–H groups in total. The number of methoxy groups -OCH3 is 1. The number of H-pyrrole nitrogens is 1. The molecule has 228 valence electrons. The quantitative estimate of drug-likeness (QED) is 0.287. The highest BCUT2D eigenvalue weighted by atomic mass is 19.4. The van der Waals surface area contributed by atoms with E-state index in [-0.39, 0.29) is 46.9 Å². The van der Waals surface area contributed by atoms with Gasteiger partial charge in [-0.2, -0.15) is 13.2 Å². The van der Waals surface area contributed by atoms with Gasteiger partial charge < -0.3 is 20.4 Å². The topological polar surface area (TPSA) is 135 Å². The summed E-state index contributed by atoms with van der Waals surface area (Å²) in [7, 11) is 1.22. The molecule has 2 heterocycles. The lowest BCUT2D eigenvalue weighted by atomic mass is 9.81. The molecule has 2 aliphatic rings. The molecule has 0 bridgehead atoms. The van der Waals surface area contributed by atoms with E-state index >= 15 is 4.39 Å². The third-order valence-electron chi connectivity index (χ3n) is 7.64. The van der Waals surface area contributed by atoms with Crippen LogP contribution in [0.3, 0.4) is 0 Å². The summed E-state index contributed by atoms with van der Waals surface area (Å²) in [6.45, 7) is -2.01. The number of fused-ring (bicyclic) bond motifs is 1. The van der Waals surface area contributed by atoms with Gasteiger partial charge in [-0.3, -0.25) is 9.59 Å². The van der Waals surface area contributed by atoms with Gasteiger partial charge in [0.2, 0.25) is 11.8 Å². The molecule has 2 atom stereocenters. The summed E-state index contributed by atoms with van der Waals surface area (Å²) in [6, 6.07) is 1.68. The van der Waals surface area contributed by atoms with Crippen molar-refractivity contribution in [3.05, 3.63) is 40.7 Å². The van der Waals surface area contributed by atoms with E-state index in [1.165, 1.54) is 19.2 Å². The van der Waals surface area contributed by atoms with Gasteiger partial charge in [0.25, 0.3) is 5.91 Å². The van der Waals surface area contributed by atoms with Crippen molar-refractivity contribution in [3.8, 4) is 0 Å². The van der Waals surface area contributed by atoms with E-state index < -0.39 is 73.6 Å². The van der Waals surface area contributed by atoms with Crippen LogP contribution >= 0.6 is 0 Å². The summed E-state index contributed by atoms with van der Waals surface area (Å²) >= 11 is 0. The predicted octanol–water partition coefficient (Wildman–Crippen LogP) is 4.67. The lowest BCUT2D eigenvalue weighted by molar-refractivity contribution is -0.140. The number of nitrogens with one attached hydrogen (secondary N) is 3. The van der Waals surface area contributed by atoms with Crippen LogP contribution < -0.4 is 10.6 Å². The van der Waals surface area contributed by atoms with Crippen molar-refractivity contribution >= 4 is 22.8 Å². The third kappa shape index (κ3) is 6.52. The van der Waals surface area contributed by atoms with Gasteiger partial charge in [0.1, 0.15) is 23.6 Å². The molecule has 0 radical (unpaired) electrons. The summed E-state index contributed by atoms with van der Waals surface area (Å²) in [5.41, 5.74) is 0.0487. The number of alkyl halides is 5. The minimum absolute atomic E-state index is 0.0273. The number of carbonyl (C=O) groups excluding carboxylic acids is 2. The molecule has 5 rings (SSSR count). The number of imidazole rings is 1. The SMILES string of the molecule is COC[C@H](C(=O)NCC(F)(F)F)c1ccc2[nH]c(C(NC(=O)c3nonc3C3CC3)C3CCC(F)(F)CC3)nc2c1F. The fourth-order valence-corrected chi connectivity index (χ4v) is 5.27. The first kappa shape index (κ1) is 29.8. The Labute approximate surface area is 234 Å². The lowest BCUT2D eigenvalue weighted by Gasteiger charge is -2.33. The number of aromatic amines is 1.